The van der Waals surface area contributed by atoms with E-state index in [0.29, 0.717) is 11.5 Å². The molecule has 23 heavy (non-hydrogen) atoms. The van der Waals surface area contributed by atoms with Gasteiger partial charge in [0.05, 0.1) is 4.88 Å². The van der Waals surface area contributed by atoms with Crippen LogP contribution < -0.4 is 10.1 Å². The molecule has 116 valence electrons. The molecule has 1 aromatic heterocycles. The van der Waals surface area contributed by atoms with Crippen molar-refractivity contribution in [1.29, 1.82) is 0 Å². The highest BCUT2D eigenvalue weighted by atomic mass is 32.1. The number of aryl methyl sites for hydroxylation is 1. The number of thiophene rings is 1. The lowest BCUT2D eigenvalue weighted by molar-refractivity contribution is 0.103. The van der Waals surface area contributed by atoms with Crippen molar-refractivity contribution in [3.8, 4) is 5.75 Å². The molecular weight excluding hydrogens is 306 g/mol. The Hall–Kier alpha value is -2.59. The van der Waals surface area contributed by atoms with E-state index < -0.39 is 0 Å². The van der Waals surface area contributed by atoms with Gasteiger partial charge in [-0.05, 0) is 42.6 Å². The van der Waals surface area contributed by atoms with Crippen LogP contribution >= 0.6 is 11.3 Å². The third-order valence-electron chi connectivity index (χ3n) is 3.34. The number of nitrogens with one attached hydrogen (secondary N) is 1. The third kappa shape index (κ3) is 4.20. The molecule has 0 saturated carbocycles. The molecule has 2 aromatic carbocycles. The van der Waals surface area contributed by atoms with E-state index in [-0.39, 0.29) is 5.91 Å². The topological polar surface area (TPSA) is 38.3 Å². The van der Waals surface area contributed by atoms with Crippen molar-refractivity contribution < 1.29 is 9.53 Å². The molecule has 0 radical (unpaired) electrons. The summed E-state index contributed by atoms with van der Waals surface area (Å²) >= 11 is 1.42. The Balaban J connectivity index is 1.59. The summed E-state index contributed by atoms with van der Waals surface area (Å²) in [5, 5.41) is 4.85. The molecule has 1 heterocycles. The standard InChI is InChI=1S/C19H17NO2S/c1-14-7-9-16(10-8-14)20-19(21)18-11-15(13-23-18)12-22-17-5-3-2-4-6-17/h2-11,13H,12H2,1H3,(H,20,21). The quantitative estimate of drug-likeness (QED) is 0.726. The molecule has 1 N–H and O–H groups in total. The monoisotopic (exact) mass is 323 g/mol. The molecule has 0 atom stereocenters. The second kappa shape index (κ2) is 7.11. The van der Waals surface area contributed by atoms with Gasteiger partial charge in [-0.1, -0.05) is 35.9 Å². The van der Waals surface area contributed by atoms with E-state index in [1.807, 2.05) is 73.0 Å². The van der Waals surface area contributed by atoms with Crippen LogP contribution in [0.15, 0.2) is 66.0 Å². The minimum Gasteiger partial charge on any atom is -0.489 e. The van der Waals surface area contributed by atoms with Crippen LogP contribution in [0.4, 0.5) is 5.69 Å². The molecule has 0 aliphatic carbocycles. The van der Waals surface area contributed by atoms with E-state index in [1.165, 1.54) is 16.9 Å². The molecular formula is C19H17NO2S. The van der Waals surface area contributed by atoms with Crippen LogP contribution in [0.1, 0.15) is 20.8 Å². The molecule has 0 spiro atoms. The number of para-hydroxylation sites is 1. The average Bonchev–Trinajstić information content (AvgIpc) is 3.05. The van der Waals surface area contributed by atoms with E-state index in [0.717, 1.165) is 17.0 Å². The van der Waals surface area contributed by atoms with Gasteiger partial charge in [-0.2, -0.15) is 0 Å². The highest BCUT2D eigenvalue weighted by molar-refractivity contribution is 7.12. The number of hydrogen-bond donors (Lipinski definition) is 1. The number of ether oxygens (including phenoxy) is 1. The van der Waals surface area contributed by atoms with E-state index >= 15 is 0 Å². The maximum absolute atomic E-state index is 12.2. The van der Waals surface area contributed by atoms with Gasteiger partial charge in [-0.15, -0.1) is 11.3 Å². The number of benzene rings is 2. The van der Waals surface area contributed by atoms with Gasteiger partial charge in [0.15, 0.2) is 0 Å². The van der Waals surface area contributed by atoms with Gasteiger partial charge in [-0.3, -0.25) is 4.79 Å². The van der Waals surface area contributed by atoms with Crippen molar-refractivity contribution in [2.75, 3.05) is 5.32 Å². The molecule has 0 aliphatic rings. The van der Waals surface area contributed by atoms with Crippen LogP contribution in [-0.4, -0.2) is 5.91 Å². The van der Waals surface area contributed by atoms with E-state index in [4.69, 9.17) is 4.74 Å². The fraction of sp³-hybridized carbons (Fsp3) is 0.105. The Morgan fingerprint density at radius 2 is 1.83 bits per heavy atom. The zero-order chi connectivity index (χ0) is 16.1. The SMILES string of the molecule is Cc1ccc(NC(=O)c2cc(COc3ccccc3)cs2)cc1. The van der Waals surface area contributed by atoms with Gasteiger partial charge in [0.1, 0.15) is 12.4 Å². The Morgan fingerprint density at radius 1 is 1.09 bits per heavy atom. The Bertz CT molecular complexity index is 779. The fourth-order valence-electron chi connectivity index (χ4n) is 2.08. The summed E-state index contributed by atoms with van der Waals surface area (Å²) in [7, 11) is 0. The molecule has 0 saturated heterocycles. The largest absolute Gasteiger partial charge is 0.489 e. The highest BCUT2D eigenvalue weighted by Crippen LogP contribution is 2.19. The van der Waals surface area contributed by atoms with Crippen LogP contribution in [-0.2, 0) is 6.61 Å². The summed E-state index contributed by atoms with van der Waals surface area (Å²) in [6.45, 7) is 2.47. The maximum Gasteiger partial charge on any atom is 0.265 e. The zero-order valence-corrected chi connectivity index (χ0v) is 13.6. The number of carbonyl (C=O) groups is 1. The smallest absolute Gasteiger partial charge is 0.265 e. The molecule has 0 bridgehead atoms. The van der Waals surface area contributed by atoms with E-state index in [2.05, 4.69) is 5.32 Å². The maximum atomic E-state index is 12.2. The average molecular weight is 323 g/mol. The predicted octanol–water partition coefficient (Wildman–Crippen LogP) is 4.89. The van der Waals surface area contributed by atoms with Crippen molar-refractivity contribution >= 4 is 22.9 Å². The first-order chi connectivity index (χ1) is 11.2. The first-order valence-electron chi connectivity index (χ1n) is 7.34. The second-order valence-electron chi connectivity index (χ2n) is 5.24. The normalized spacial score (nSPS) is 10.3. The summed E-state index contributed by atoms with van der Waals surface area (Å²) < 4.78 is 5.69. The first kappa shape index (κ1) is 15.3. The van der Waals surface area contributed by atoms with Crippen LogP contribution in [0, 0.1) is 6.92 Å². The summed E-state index contributed by atoms with van der Waals surface area (Å²) in [6, 6.07) is 19.3. The van der Waals surface area contributed by atoms with Gasteiger partial charge in [0.25, 0.3) is 5.91 Å². The van der Waals surface area contributed by atoms with E-state index in [9.17, 15) is 4.79 Å². The number of amides is 1. The number of hydrogen-bond acceptors (Lipinski definition) is 3. The molecule has 4 heteroatoms. The van der Waals surface area contributed by atoms with E-state index in [1.54, 1.807) is 0 Å². The van der Waals surface area contributed by atoms with Gasteiger partial charge < -0.3 is 10.1 Å². The second-order valence-corrected chi connectivity index (χ2v) is 6.15. The van der Waals surface area contributed by atoms with Gasteiger partial charge >= 0.3 is 0 Å². The van der Waals surface area contributed by atoms with Crippen LogP contribution in [0.5, 0.6) is 5.75 Å². The zero-order valence-electron chi connectivity index (χ0n) is 12.8. The Morgan fingerprint density at radius 3 is 2.57 bits per heavy atom. The molecule has 3 rings (SSSR count). The molecule has 3 aromatic rings. The highest BCUT2D eigenvalue weighted by Gasteiger charge is 2.10. The molecule has 0 aliphatic heterocycles. The Kier molecular flexibility index (Phi) is 4.74. The number of carbonyl (C=O) groups excluding carboxylic acids is 1. The lowest BCUT2D eigenvalue weighted by Crippen LogP contribution is -2.10. The van der Waals surface area contributed by atoms with Crippen molar-refractivity contribution in [3.63, 3.8) is 0 Å². The molecule has 0 unspecified atom stereocenters. The lowest BCUT2D eigenvalue weighted by atomic mass is 10.2. The van der Waals surface area contributed by atoms with Crippen molar-refractivity contribution in [2.24, 2.45) is 0 Å². The van der Waals surface area contributed by atoms with Gasteiger partial charge in [0, 0.05) is 11.3 Å². The summed E-state index contributed by atoms with van der Waals surface area (Å²) in [6.07, 6.45) is 0. The van der Waals surface area contributed by atoms with Gasteiger partial charge in [0.2, 0.25) is 0 Å². The van der Waals surface area contributed by atoms with Crippen molar-refractivity contribution in [1.82, 2.24) is 0 Å². The molecule has 1 amide bonds. The first-order valence-corrected chi connectivity index (χ1v) is 8.22. The van der Waals surface area contributed by atoms with Crippen molar-refractivity contribution in [3.05, 3.63) is 82.0 Å². The third-order valence-corrected chi connectivity index (χ3v) is 4.31. The van der Waals surface area contributed by atoms with Crippen LogP contribution in [0.25, 0.3) is 0 Å². The van der Waals surface area contributed by atoms with Crippen molar-refractivity contribution in [2.45, 2.75) is 13.5 Å². The Labute approximate surface area is 139 Å². The summed E-state index contributed by atoms with van der Waals surface area (Å²) in [5.41, 5.74) is 2.96. The number of anilines is 1. The summed E-state index contributed by atoms with van der Waals surface area (Å²) in [4.78, 5) is 12.9. The lowest BCUT2D eigenvalue weighted by Gasteiger charge is -2.04. The predicted molar refractivity (Wildman–Crippen MR) is 94.2 cm³/mol. The minimum absolute atomic E-state index is 0.0928. The van der Waals surface area contributed by atoms with Gasteiger partial charge in [-0.25, -0.2) is 0 Å². The molecule has 3 nitrogen and oxygen atoms in total. The minimum atomic E-state index is -0.0928. The fourth-order valence-corrected chi connectivity index (χ4v) is 2.88. The number of rotatable bonds is 5. The summed E-state index contributed by atoms with van der Waals surface area (Å²) in [5.74, 6) is 0.731. The molecule has 0 fully saturated rings. The van der Waals surface area contributed by atoms with Crippen LogP contribution in [0.2, 0.25) is 0 Å². The van der Waals surface area contributed by atoms with Crippen LogP contribution in [0.3, 0.4) is 0 Å².